The third-order valence-corrected chi connectivity index (χ3v) is 2.85. The monoisotopic (exact) mass is 256 g/mol. The highest BCUT2D eigenvalue weighted by molar-refractivity contribution is 7.99. The molecule has 1 rings (SSSR count). The van der Waals surface area contributed by atoms with Crippen LogP contribution in [0, 0.1) is 0 Å². The molecule has 0 spiro atoms. The molecule has 6 heteroatoms. The lowest BCUT2D eigenvalue weighted by atomic mass is 10.5. The number of ether oxygens (including phenoxy) is 1. The largest absolute Gasteiger partial charge is 0.463 e. The van der Waals surface area contributed by atoms with Gasteiger partial charge in [0.1, 0.15) is 0 Å². The number of nitrogens with one attached hydrogen (secondary N) is 1. The van der Waals surface area contributed by atoms with Crippen molar-refractivity contribution in [3.05, 3.63) is 0 Å². The van der Waals surface area contributed by atoms with E-state index in [1.54, 1.807) is 11.8 Å². The molecular formula is C11H20N4OS. The summed E-state index contributed by atoms with van der Waals surface area (Å²) in [7, 11) is 0. The highest BCUT2D eigenvalue weighted by Crippen LogP contribution is 2.18. The number of hydrogen-bond donors (Lipinski definition) is 1. The minimum Gasteiger partial charge on any atom is -0.463 e. The summed E-state index contributed by atoms with van der Waals surface area (Å²) in [4.78, 5) is 12.8. The van der Waals surface area contributed by atoms with Crippen molar-refractivity contribution in [1.29, 1.82) is 0 Å². The summed E-state index contributed by atoms with van der Waals surface area (Å²) < 4.78 is 5.45. The zero-order valence-corrected chi connectivity index (χ0v) is 11.5. The fourth-order valence-corrected chi connectivity index (χ4v) is 1.77. The van der Waals surface area contributed by atoms with Crippen molar-refractivity contribution in [3.8, 4) is 6.01 Å². The molecule has 1 aromatic rings. The first-order chi connectivity index (χ1) is 8.30. The van der Waals surface area contributed by atoms with Crippen molar-refractivity contribution in [2.75, 3.05) is 24.2 Å². The predicted molar refractivity (Wildman–Crippen MR) is 70.8 cm³/mol. The number of rotatable bonds is 8. The average Bonchev–Trinajstić information content (AvgIpc) is 2.34. The molecule has 0 unspecified atom stereocenters. The first-order valence-electron chi connectivity index (χ1n) is 6.05. The number of nitrogens with zero attached hydrogens (tertiary/aromatic N) is 3. The summed E-state index contributed by atoms with van der Waals surface area (Å²) in [5, 5.41) is 3.81. The molecule has 17 heavy (non-hydrogen) atoms. The first kappa shape index (κ1) is 14.0. The Morgan fingerprint density at radius 3 is 2.59 bits per heavy atom. The van der Waals surface area contributed by atoms with Crippen molar-refractivity contribution in [2.24, 2.45) is 0 Å². The van der Waals surface area contributed by atoms with Gasteiger partial charge in [-0.1, -0.05) is 25.6 Å². The van der Waals surface area contributed by atoms with Gasteiger partial charge in [0.15, 0.2) is 5.16 Å². The number of anilines is 1. The molecule has 0 aliphatic carbocycles. The Bertz CT molecular complexity index is 309. The van der Waals surface area contributed by atoms with Crippen LogP contribution in [0.2, 0.25) is 0 Å². The molecule has 0 aromatic carbocycles. The van der Waals surface area contributed by atoms with E-state index in [9.17, 15) is 0 Å². The van der Waals surface area contributed by atoms with Crippen molar-refractivity contribution in [2.45, 2.75) is 38.8 Å². The summed E-state index contributed by atoms with van der Waals surface area (Å²) in [5.41, 5.74) is 0. The Morgan fingerprint density at radius 1 is 1.12 bits per heavy atom. The lowest BCUT2D eigenvalue weighted by Crippen LogP contribution is -2.08. The zero-order valence-electron chi connectivity index (χ0n) is 10.7. The molecule has 1 N–H and O–H groups in total. The Kier molecular flexibility index (Phi) is 6.69. The van der Waals surface area contributed by atoms with Crippen LogP contribution < -0.4 is 10.1 Å². The minimum atomic E-state index is 0.413. The van der Waals surface area contributed by atoms with Crippen LogP contribution in [0.25, 0.3) is 0 Å². The third-order valence-electron chi connectivity index (χ3n) is 1.80. The predicted octanol–water partition coefficient (Wildman–Crippen LogP) is 2.59. The van der Waals surface area contributed by atoms with Gasteiger partial charge in [-0.05, 0) is 19.8 Å². The van der Waals surface area contributed by atoms with Crippen LogP contribution in [0.5, 0.6) is 6.01 Å². The van der Waals surface area contributed by atoms with E-state index >= 15 is 0 Å². The van der Waals surface area contributed by atoms with Gasteiger partial charge in [-0.2, -0.15) is 15.0 Å². The quantitative estimate of drug-likeness (QED) is 0.721. The Balaban J connectivity index is 2.76. The smallest absolute Gasteiger partial charge is 0.322 e. The lowest BCUT2D eigenvalue weighted by Gasteiger charge is -2.07. The maximum Gasteiger partial charge on any atom is 0.322 e. The normalized spacial score (nSPS) is 10.3. The van der Waals surface area contributed by atoms with Gasteiger partial charge in [0, 0.05) is 12.3 Å². The number of thioether (sulfide) groups is 1. The highest BCUT2D eigenvalue weighted by Gasteiger charge is 2.07. The molecule has 96 valence electrons. The van der Waals surface area contributed by atoms with Gasteiger partial charge in [0.25, 0.3) is 0 Å². The van der Waals surface area contributed by atoms with Gasteiger partial charge < -0.3 is 10.1 Å². The van der Waals surface area contributed by atoms with Gasteiger partial charge in [0.2, 0.25) is 5.95 Å². The molecule has 0 saturated carbocycles. The summed E-state index contributed by atoms with van der Waals surface area (Å²) >= 11 is 1.63. The van der Waals surface area contributed by atoms with E-state index in [1.807, 2.05) is 6.92 Å². The van der Waals surface area contributed by atoms with Crippen molar-refractivity contribution in [1.82, 2.24) is 15.0 Å². The van der Waals surface area contributed by atoms with Crippen LogP contribution in [-0.4, -0.2) is 33.9 Å². The first-order valence-corrected chi connectivity index (χ1v) is 7.04. The van der Waals surface area contributed by atoms with E-state index in [2.05, 4.69) is 34.1 Å². The van der Waals surface area contributed by atoms with E-state index in [0.29, 0.717) is 18.6 Å². The number of hydrogen-bond acceptors (Lipinski definition) is 6. The summed E-state index contributed by atoms with van der Waals surface area (Å²) in [5.74, 6) is 1.59. The van der Waals surface area contributed by atoms with E-state index < -0.39 is 0 Å². The fraction of sp³-hybridized carbons (Fsp3) is 0.727. The van der Waals surface area contributed by atoms with E-state index in [-0.39, 0.29) is 0 Å². The van der Waals surface area contributed by atoms with Gasteiger partial charge in [-0.15, -0.1) is 0 Å². The molecule has 1 aromatic heterocycles. The maximum atomic E-state index is 5.45. The van der Waals surface area contributed by atoms with Crippen LogP contribution in [-0.2, 0) is 0 Å². The van der Waals surface area contributed by atoms with Crippen LogP contribution >= 0.6 is 11.8 Å². The van der Waals surface area contributed by atoms with Crippen molar-refractivity contribution in [3.63, 3.8) is 0 Å². The molecule has 5 nitrogen and oxygen atoms in total. The molecular weight excluding hydrogens is 236 g/mol. The summed E-state index contributed by atoms with van der Waals surface area (Å²) in [6, 6.07) is 0.413. The molecule has 0 radical (unpaired) electrons. The lowest BCUT2D eigenvalue weighted by molar-refractivity contribution is 0.288. The molecule has 0 atom stereocenters. The maximum absolute atomic E-state index is 5.45. The van der Waals surface area contributed by atoms with E-state index in [1.165, 1.54) is 0 Å². The van der Waals surface area contributed by atoms with Crippen LogP contribution in [0.15, 0.2) is 5.16 Å². The topological polar surface area (TPSA) is 59.9 Å². The van der Waals surface area contributed by atoms with Gasteiger partial charge >= 0.3 is 6.01 Å². The van der Waals surface area contributed by atoms with Crippen LogP contribution in [0.3, 0.4) is 0 Å². The van der Waals surface area contributed by atoms with Crippen LogP contribution in [0.4, 0.5) is 5.95 Å². The molecule has 1 heterocycles. The SMILES string of the molecule is CCCOc1nc(NCC)nc(SCCC)n1. The van der Waals surface area contributed by atoms with Crippen molar-refractivity contribution < 1.29 is 4.74 Å². The van der Waals surface area contributed by atoms with Gasteiger partial charge in [0.05, 0.1) is 6.61 Å². The molecule has 0 aliphatic rings. The molecule has 0 amide bonds. The summed E-state index contributed by atoms with van der Waals surface area (Å²) in [6.07, 6.45) is 2.04. The standard InChI is InChI=1S/C11H20N4OS/c1-4-7-16-10-13-9(12-6-3)14-11(15-10)17-8-5-2/h4-8H2,1-3H3,(H,12,13,14,15). The second-order valence-corrected chi connectivity index (χ2v) is 4.51. The third kappa shape index (κ3) is 5.21. The zero-order chi connectivity index (χ0) is 12.5. The Hall–Kier alpha value is -1.04. The average molecular weight is 256 g/mol. The van der Waals surface area contributed by atoms with Crippen molar-refractivity contribution >= 4 is 17.7 Å². The second-order valence-electron chi connectivity index (χ2n) is 3.45. The van der Waals surface area contributed by atoms with Gasteiger partial charge in [-0.3, -0.25) is 0 Å². The second kappa shape index (κ2) is 8.11. The van der Waals surface area contributed by atoms with Gasteiger partial charge in [-0.25, -0.2) is 0 Å². The van der Waals surface area contributed by atoms with Crippen LogP contribution in [0.1, 0.15) is 33.6 Å². The Morgan fingerprint density at radius 2 is 1.94 bits per heavy atom. The fourth-order valence-electron chi connectivity index (χ4n) is 1.09. The highest BCUT2D eigenvalue weighted by atomic mass is 32.2. The van der Waals surface area contributed by atoms with E-state index in [4.69, 9.17) is 4.74 Å². The number of aromatic nitrogens is 3. The molecule has 0 aliphatic heterocycles. The van der Waals surface area contributed by atoms with E-state index in [0.717, 1.165) is 30.3 Å². The molecule has 0 fully saturated rings. The Labute approximate surface area is 107 Å². The molecule has 0 bridgehead atoms. The minimum absolute atomic E-state index is 0.413. The molecule has 0 saturated heterocycles. The summed E-state index contributed by atoms with van der Waals surface area (Å²) in [6.45, 7) is 7.62.